The minimum Gasteiger partial charge on any atom is -0.352 e. The van der Waals surface area contributed by atoms with Gasteiger partial charge >= 0.3 is 6.03 Å². The Morgan fingerprint density at radius 3 is 2.63 bits per heavy atom. The molecule has 1 aliphatic heterocycles. The van der Waals surface area contributed by atoms with Gasteiger partial charge in [-0.2, -0.15) is 5.10 Å². The molecule has 8 heteroatoms. The third-order valence-corrected chi connectivity index (χ3v) is 4.85. The van der Waals surface area contributed by atoms with Crippen LogP contribution in [0.15, 0.2) is 67.0 Å². The van der Waals surface area contributed by atoms with Gasteiger partial charge in [-0.05, 0) is 36.2 Å². The summed E-state index contributed by atoms with van der Waals surface area (Å²) in [4.78, 5) is 37.7. The molecule has 3 aromatic rings. The van der Waals surface area contributed by atoms with Crippen molar-refractivity contribution in [2.75, 3.05) is 18.0 Å². The quantitative estimate of drug-likeness (QED) is 0.660. The van der Waals surface area contributed by atoms with Crippen molar-refractivity contribution in [3.05, 3.63) is 78.1 Å². The molecule has 0 aliphatic carbocycles. The second-order valence-corrected chi connectivity index (χ2v) is 6.91. The van der Waals surface area contributed by atoms with Crippen LogP contribution in [0.2, 0.25) is 0 Å². The number of urea groups is 1. The lowest BCUT2D eigenvalue weighted by molar-refractivity contribution is -0.120. The lowest BCUT2D eigenvalue weighted by Gasteiger charge is -2.28. The van der Waals surface area contributed by atoms with Gasteiger partial charge in [0.2, 0.25) is 5.91 Å². The van der Waals surface area contributed by atoms with E-state index in [9.17, 15) is 14.4 Å². The van der Waals surface area contributed by atoms with E-state index in [1.54, 1.807) is 35.1 Å². The summed E-state index contributed by atoms with van der Waals surface area (Å²) in [5, 5.41) is 9.54. The molecule has 4 rings (SSSR count). The van der Waals surface area contributed by atoms with Crippen molar-refractivity contribution in [1.82, 2.24) is 20.4 Å². The van der Waals surface area contributed by atoms with Gasteiger partial charge in [0.25, 0.3) is 5.91 Å². The van der Waals surface area contributed by atoms with Gasteiger partial charge in [-0.1, -0.05) is 30.3 Å². The molecule has 0 saturated carbocycles. The molecule has 1 aliphatic rings. The van der Waals surface area contributed by atoms with Gasteiger partial charge in [0.15, 0.2) is 0 Å². The summed E-state index contributed by atoms with van der Waals surface area (Å²) in [6.07, 6.45) is 4.54. The number of benzene rings is 2. The first kappa shape index (κ1) is 19.4. The van der Waals surface area contributed by atoms with Crippen LogP contribution in [-0.4, -0.2) is 40.7 Å². The van der Waals surface area contributed by atoms with Crippen LogP contribution in [0.1, 0.15) is 22.3 Å². The first-order valence-electron chi connectivity index (χ1n) is 9.69. The molecule has 0 spiro atoms. The first-order chi connectivity index (χ1) is 14.6. The SMILES string of the molecule is O=C1CCN(c2ccccc2C(=O)NCCc2cnn(-c3ccccc3)c2)C(=O)N1. The van der Waals surface area contributed by atoms with E-state index in [0.717, 1.165) is 11.3 Å². The molecule has 1 aromatic heterocycles. The van der Waals surface area contributed by atoms with E-state index in [4.69, 9.17) is 0 Å². The number of carbonyl (C=O) groups is 3. The number of imide groups is 1. The van der Waals surface area contributed by atoms with Gasteiger partial charge < -0.3 is 5.32 Å². The molecule has 4 amide bonds. The van der Waals surface area contributed by atoms with E-state index in [1.807, 2.05) is 36.5 Å². The fourth-order valence-electron chi connectivity index (χ4n) is 3.32. The Hall–Kier alpha value is -3.94. The molecule has 30 heavy (non-hydrogen) atoms. The summed E-state index contributed by atoms with van der Waals surface area (Å²) in [6, 6.07) is 16.2. The topological polar surface area (TPSA) is 96.3 Å². The molecule has 0 bridgehead atoms. The zero-order valence-electron chi connectivity index (χ0n) is 16.2. The Morgan fingerprint density at radius 1 is 1.07 bits per heavy atom. The average molecular weight is 403 g/mol. The number of para-hydroxylation sites is 2. The maximum atomic E-state index is 12.7. The maximum Gasteiger partial charge on any atom is 0.328 e. The fraction of sp³-hybridized carbons (Fsp3) is 0.182. The number of anilines is 1. The molecule has 2 heterocycles. The number of aromatic nitrogens is 2. The Labute approximate surface area is 173 Å². The van der Waals surface area contributed by atoms with E-state index in [2.05, 4.69) is 15.7 Å². The molecule has 1 saturated heterocycles. The van der Waals surface area contributed by atoms with Gasteiger partial charge in [-0.3, -0.25) is 19.8 Å². The van der Waals surface area contributed by atoms with E-state index in [0.29, 0.717) is 24.2 Å². The Bertz CT molecular complexity index is 1080. The summed E-state index contributed by atoms with van der Waals surface area (Å²) in [6.45, 7) is 0.673. The second-order valence-electron chi connectivity index (χ2n) is 6.91. The highest BCUT2D eigenvalue weighted by molar-refractivity contribution is 6.09. The minimum atomic E-state index is -0.514. The fourth-order valence-corrected chi connectivity index (χ4v) is 3.32. The lowest BCUT2D eigenvalue weighted by Crippen LogP contribution is -2.50. The molecule has 0 unspecified atom stereocenters. The van der Waals surface area contributed by atoms with Crippen LogP contribution in [0.25, 0.3) is 5.69 Å². The number of hydrogen-bond acceptors (Lipinski definition) is 4. The molecule has 1 fully saturated rings. The van der Waals surface area contributed by atoms with E-state index in [-0.39, 0.29) is 24.8 Å². The smallest absolute Gasteiger partial charge is 0.328 e. The third kappa shape index (κ3) is 4.22. The molecule has 0 atom stereocenters. The van der Waals surface area contributed by atoms with Crippen molar-refractivity contribution in [2.24, 2.45) is 0 Å². The summed E-state index contributed by atoms with van der Waals surface area (Å²) < 4.78 is 1.79. The first-order valence-corrected chi connectivity index (χ1v) is 9.69. The molecule has 2 N–H and O–H groups in total. The van der Waals surface area contributed by atoms with Gasteiger partial charge in [0.1, 0.15) is 0 Å². The van der Waals surface area contributed by atoms with Crippen LogP contribution in [0, 0.1) is 0 Å². The van der Waals surface area contributed by atoms with Crippen LogP contribution in [0.4, 0.5) is 10.5 Å². The van der Waals surface area contributed by atoms with Crippen LogP contribution < -0.4 is 15.5 Å². The van der Waals surface area contributed by atoms with Crippen LogP contribution in [0.5, 0.6) is 0 Å². The number of nitrogens with zero attached hydrogens (tertiary/aromatic N) is 3. The van der Waals surface area contributed by atoms with E-state index >= 15 is 0 Å². The van der Waals surface area contributed by atoms with Crippen molar-refractivity contribution in [3.8, 4) is 5.69 Å². The van der Waals surface area contributed by atoms with Crippen LogP contribution in [-0.2, 0) is 11.2 Å². The highest BCUT2D eigenvalue weighted by atomic mass is 16.2. The second kappa shape index (κ2) is 8.60. The number of amides is 4. The van der Waals surface area contributed by atoms with Crippen LogP contribution >= 0.6 is 0 Å². The number of carbonyl (C=O) groups excluding carboxylic acids is 3. The Balaban J connectivity index is 1.39. The highest BCUT2D eigenvalue weighted by Gasteiger charge is 2.27. The monoisotopic (exact) mass is 403 g/mol. The molecular weight excluding hydrogens is 382 g/mol. The number of nitrogens with one attached hydrogen (secondary N) is 2. The lowest BCUT2D eigenvalue weighted by atomic mass is 10.1. The Morgan fingerprint density at radius 2 is 1.83 bits per heavy atom. The highest BCUT2D eigenvalue weighted by Crippen LogP contribution is 2.22. The molecule has 8 nitrogen and oxygen atoms in total. The van der Waals surface area contributed by atoms with Gasteiger partial charge in [-0.25, -0.2) is 9.48 Å². The van der Waals surface area contributed by atoms with Crippen molar-refractivity contribution >= 4 is 23.5 Å². The summed E-state index contributed by atoms with van der Waals surface area (Å²) in [5.74, 6) is -0.583. The van der Waals surface area contributed by atoms with Crippen molar-refractivity contribution in [1.29, 1.82) is 0 Å². The van der Waals surface area contributed by atoms with Gasteiger partial charge in [-0.15, -0.1) is 0 Å². The summed E-state index contributed by atoms with van der Waals surface area (Å²) in [5.41, 5.74) is 2.85. The zero-order chi connectivity index (χ0) is 20.9. The minimum absolute atomic E-state index is 0.201. The predicted octanol–water partition coefficient (Wildman–Crippen LogP) is 2.29. The maximum absolute atomic E-state index is 12.7. The van der Waals surface area contributed by atoms with Crippen molar-refractivity contribution in [2.45, 2.75) is 12.8 Å². The molecule has 152 valence electrons. The molecule has 2 aromatic carbocycles. The summed E-state index contributed by atoms with van der Waals surface area (Å²) >= 11 is 0. The molecular formula is C22H21N5O3. The predicted molar refractivity (Wildman–Crippen MR) is 112 cm³/mol. The molecule has 0 radical (unpaired) electrons. The largest absolute Gasteiger partial charge is 0.352 e. The Kier molecular flexibility index (Phi) is 5.56. The van der Waals surface area contributed by atoms with Crippen molar-refractivity contribution < 1.29 is 14.4 Å². The zero-order valence-corrected chi connectivity index (χ0v) is 16.2. The van der Waals surface area contributed by atoms with E-state index < -0.39 is 6.03 Å². The van der Waals surface area contributed by atoms with Crippen molar-refractivity contribution in [3.63, 3.8) is 0 Å². The van der Waals surface area contributed by atoms with Gasteiger partial charge in [0, 0.05) is 25.7 Å². The van der Waals surface area contributed by atoms with Gasteiger partial charge in [0.05, 0.1) is 23.1 Å². The summed E-state index contributed by atoms with van der Waals surface area (Å²) in [7, 11) is 0. The number of hydrogen-bond donors (Lipinski definition) is 2. The average Bonchev–Trinajstić information content (AvgIpc) is 3.23. The third-order valence-electron chi connectivity index (χ3n) is 4.85. The van der Waals surface area contributed by atoms with Crippen LogP contribution in [0.3, 0.4) is 0 Å². The van der Waals surface area contributed by atoms with E-state index in [1.165, 1.54) is 4.90 Å². The standard InChI is InChI=1S/C22H21N5O3/c28-20-11-13-26(22(30)25-20)19-9-5-4-8-18(19)21(29)23-12-10-16-14-24-27(15-16)17-6-2-1-3-7-17/h1-9,14-15H,10-13H2,(H,23,29)(H,25,28,30). The number of rotatable bonds is 6. The normalized spacial score (nSPS) is 13.8.